The summed E-state index contributed by atoms with van der Waals surface area (Å²) in [6, 6.07) is 11.1. The van der Waals surface area contributed by atoms with E-state index in [1.54, 1.807) is 30.3 Å². The van der Waals surface area contributed by atoms with Crippen LogP contribution >= 0.6 is 7.82 Å². The normalized spacial score (nSPS) is 18.1. The maximum Gasteiger partial charge on any atom is 0.469 e. The third kappa shape index (κ3) is 8.79. The molecule has 1 amide bonds. The first-order chi connectivity index (χ1) is 19.2. The van der Waals surface area contributed by atoms with Gasteiger partial charge in [-0.1, -0.05) is 44.2 Å². The molecule has 2 aromatic rings. The van der Waals surface area contributed by atoms with Gasteiger partial charge in [0.25, 0.3) is 5.69 Å². The molecule has 1 heterocycles. The molecule has 3 rings (SSSR count). The number of nitro benzene ring substituents is 1. The second-order valence-corrected chi connectivity index (χ2v) is 13.4. The smallest absolute Gasteiger partial charge is 0.464 e. The molecule has 1 saturated heterocycles. The molecule has 4 N–H and O–H groups in total. The van der Waals surface area contributed by atoms with Gasteiger partial charge in [0.15, 0.2) is 9.84 Å². The number of nitrogens with one attached hydrogen (secondary N) is 1. The first-order valence-electron chi connectivity index (χ1n) is 12.8. The summed E-state index contributed by atoms with van der Waals surface area (Å²) < 4.78 is 51.4. The maximum atomic E-state index is 14.2. The second-order valence-electron chi connectivity index (χ2n) is 10.1. The van der Waals surface area contributed by atoms with Crippen LogP contribution in [0, 0.1) is 22.0 Å². The Bertz CT molecular complexity index is 1330. The lowest BCUT2D eigenvalue weighted by Gasteiger charge is -2.40. The standard InChI is InChI=1S/C25H34N3O11PS/c1-17(2)15-26-27(25(29)30)22(14-18-6-4-3-5-7-18)23(39-40(33,34)35)24(19-12-13-38-16-19)41(36,37)21-10-8-20(9-11-21)28(31)32/h3-11,17,19,22-24,26H,12-16H2,1-2H3,(H,29,30)(H2,33,34,35)/t19?,22-,23+,24-/m0/s1. The Balaban J connectivity index is 2.23. The number of non-ortho nitro benzene ring substituents is 1. The van der Waals surface area contributed by atoms with Gasteiger partial charge in [0.2, 0.25) is 0 Å². The Morgan fingerprint density at radius 2 is 1.83 bits per heavy atom. The lowest BCUT2D eigenvalue weighted by atomic mass is 9.92. The summed E-state index contributed by atoms with van der Waals surface area (Å²) in [7, 11) is -9.95. The van der Waals surface area contributed by atoms with Gasteiger partial charge in [-0.15, -0.1) is 0 Å². The first-order valence-corrected chi connectivity index (χ1v) is 15.9. The fraction of sp³-hybridized carbons (Fsp3) is 0.480. The highest BCUT2D eigenvalue weighted by Gasteiger charge is 2.50. The zero-order chi connectivity index (χ0) is 30.4. The van der Waals surface area contributed by atoms with Crippen molar-refractivity contribution in [3.63, 3.8) is 0 Å². The lowest BCUT2D eigenvalue weighted by Crippen LogP contribution is -2.60. The average molecular weight is 616 g/mol. The Kier molecular flexibility index (Phi) is 11.0. The predicted molar refractivity (Wildman–Crippen MR) is 147 cm³/mol. The molecule has 14 nitrogen and oxygen atoms in total. The summed E-state index contributed by atoms with van der Waals surface area (Å²) in [4.78, 5) is 42.6. The van der Waals surface area contributed by atoms with Crippen LogP contribution in [0.1, 0.15) is 25.8 Å². The van der Waals surface area contributed by atoms with Crippen LogP contribution in [-0.2, 0) is 30.1 Å². The molecular weight excluding hydrogens is 581 g/mol. The van der Waals surface area contributed by atoms with Crippen molar-refractivity contribution in [2.24, 2.45) is 11.8 Å². The number of rotatable bonds is 14. The van der Waals surface area contributed by atoms with Crippen LogP contribution in [0.3, 0.4) is 0 Å². The number of phosphoric ester groups is 1. The molecule has 41 heavy (non-hydrogen) atoms. The molecule has 4 atom stereocenters. The van der Waals surface area contributed by atoms with Gasteiger partial charge in [-0.05, 0) is 36.5 Å². The van der Waals surface area contributed by atoms with Crippen molar-refractivity contribution in [1.82, 2.24) is 10.4 Å². The Morgan fingerprint density at radius 3 is 2.32 bits per heavy atom. The highest BCUT2D eigenvalue weighted by Crippen LogP contribution is 2.44. The third-order valence-corrected chi connectivity index (χ3v) is 9.44. The number of hydrogen-bond donors (Lipinski definition) is 4. The van der Waals surface area contributed by atoms with Gasteiger partial charge in [-0.3, -0.25) is 14.6 Å². The van der Waals surface area contributed by atoms with E-state index in [1.165, 1.54) is 0 Å². The van der Waals surface area contributed by atoms with Gasteiger partial charge >= 0.3 is 13.9 Å². The summed E-state index contributed by atoms with van der Waals surface area (Å²) in [5.41, 5.74) is 2.96. The fourth-order valence-corrected chi connectivity index (χ4v) is 7.56. The minimum Gasteiger partial charge on any atom is -0.464 e. The molecular formula is C25H34N3O11PS. The molecule has 0 radical (unpaired) electrons. The van der Waals surface area contributed by atoms with E-state index >= 15 is 0 Å². The minimum atomic E-state index is -5.41. The lowest BCUT2D eigenvalue weighted by molar-refractivity contribution is -0.384. The molecule has 1 aliphatic rings. The van der Waals surface area contributed by atoms with Gasteiger partial charge in [0, 0.05) is 31.2 Å². The van der Waals surface area contributed by atoms with E-state index in [4.69, 9.17) is 9.26 Å². The summed E-state index contributed by atoms with van der Waals surface area (Å²) in [5.74, 6) is -0.885. The van der Waals surface area contributed by atoms with Crippen LogP contribution in [0.15, 0.2) is 59.5 Å². The van der Waals surface area contributed by atoms with E-state index in [9.17, 15) is 42.8 Å². The topological polar surface area (TPSA) is 206 Å². The van der Waals surface area contributed by atoms with Gasteiger partial charge < -0.3 is 19.6 Å². The number of hydrazine groups is 1. The summed E-state index contributed by atoms with van der Waals surface area (Å²) in [6.07, 6.45) is -3.38. The quantitative estimate of drug-likeness (QED) is 0.137. The fourth-order valence-electron chi connectivity index (χ4n) is 4.75. The Labute approximate surface area is 237 Å². The molecule has 0 bridgehead atoms. The maximum absolute atomic E-state index is 14.2. The number of carboxylic acid groups (broad SMARTS) is 1. The molecule has 16 heteroatoms. The number of carbonyl (C=O) groups is 1. The van der Waals surface area contributed by atoms with Crippen molar-refractivity contribution in [3.8, 4) is 0 Å². The monoisotopic (exact) mass is 615 g/mol. The van der Waals surface area contributed by atoms with E-state index in [1.807, 2.05) is 13.8 Å². The van der Waals surface area contributed by atoms with Crippen LogP contribution in [0.5, 0.6) is 0 Å². The second kappa shape index (κ2) is 13.8. The molecule has 2 aromatic carbocycles. The van der Waals surface area contributed by atoms with Crippen LogP contribution in [0.2, 0.25) is 0 Å². The van der Waals surface area contributed by atoms with Crippen molar-refractivity contribution >= 4 is 29.4 Å². The number of nitrogens with zero attached hydrogens (tertiary/aromatic N) is 2. The van der Waals surface area contributed by atoms with E-state index in [0.29, 0.717) is 5.56 Å². The molecule has 0 aliphatic carbocycles. The van der Waals surface area contributed by atoms with Crippen molar-refractivity contribution in [3.05, 3.63) is 70.3 Å². The van der Waals surface area contributed by atoms with Crippen molar-refractivity contribution < 1.29 is 46.9 Å². The molecule has 1 fully saturated rings. The van der Waals surface area contributed by atoms with E-state index in [2.05, 4.69) is 5.43 Å². The van der Waals surface area contributed by atoms with Crippen molar-refractivity contribution in [2.45, 2.75) is 49.0 Å². The highest BCUT2D eigenvalue weighted by atomic mass is 32.2. The molecule has 226 valence electrons. The highest BCUT2D eigenvalue weighted by molar-refractivity contribution is 7.92. The van der Waals surface area contributed by atoms with Crippen molar-refractivity contribution in [1.29, 1.82) is 0 Å². The van der Waals surface area contributed by atoms with E-state index < -0.39 is 52.0 Å². The molecule has 0 saturated carbocycles. The number of sulfone groups is 1. The summed E-state index contributed by atoms with van der Waals surface area (Å²) in [5, 5.41) is 20.4. The summed E-state index contributed by atoms with van der Waals surface area (Å²) in [6.45, 7) is 3.85. The minimum absolute atomic E-state index is 0.0433. The van der Waals surface area contributed by atoms with Crippen LogP contribution < -0.4 is 5.43 Å². The zero-order valence-corrected chi connectivity index (χ0v) is 24.2. The summed E-state index contributed by atoms with van der Waals surface area (Å²) >= 11 is 0. The van der Waals surface area contributed by atoms with Gasteiger partial charge in [0.05, 0.1) is 27.7 Å². The largest absolute Gasteiger partial charge is 0.469 e. The van der Waals surface area contributed by atoms with Crippen molar-refractivity contribution in [2.75, 3.05) is 19.8 Å². The van der Waals surface area contributed by atoms with Crippen LogP contribution in [-0.4, -0.2) is 76.5 Å². The molecule has 0 spiro atoms. The third-order valence-electron chi connectivity index (χ3n) is 6.62. The van der Waals surface area contributed by atoms with Crippen LogP contribution in [0.25, 0.3) is 0 Å². The number of phosphoric acid groups is 1. The Hall–Kier alpha value is -2.91. The van der Waals surface area contributed by atoms with E-state index in [-0.39, 0.29) is 49.1 Å². The zero-order valence-electron chi connectivity index (χ0n) is 22.5. The number of ether oxygens (including phenoxy) is 1. The van der Waals surface area contributed by atoms with Crippen LogP contribution in [0.4, 0.5) is 10.5 Å². The predicted octanol–water partition coefficient (Wildman–Crippen LogP) is 3.00. The van der Waals surface area contributed by atoms with Gasteiger partial charge in [-0.2, -0.15) is 0 Å². The molecule has 1 unspecified atom stereocenters. The number of benzene rings is 2. The number of nitro groups is 1. The number of hydrogen-bond acceptors (Lipinski definition) is 9. The Morgan fingerprint density at radius 1 is 1.20 bits per heavy atom. The SMILES string of the molecule is CC(C)CNN(C(=O)O)[C@@H](Cc1ccccc1)[C@@H](OP(=O)(O)O)[C@H](C1CCOC1)S(=O)(=O)c1ccc([N+](=O)[O-])cc1. The van der Waals surface area contributed by atoms with Gasteiger partial charge in [-0.25, -0.2) is 28.2 Å². The average Bonchev–Trinajstić information content (AvgIpc) is 3.41. The van der Waals surface area contributed by atoms with Gasteiger partial charge in [0.1, 0.15) is 6.10 Å². The molecule has 0 aromatic heterocycles. The molecule has 1 aliphatic heterocycles. The number of amides is 1. The first kappa shape index (κ1) is 32.6. The van der Waals surface area contributed by atoms with E-state index in [0.717, 1.165) is 29.3 Å².